The van der Waals surface area contributed by atoms with Crippen molar-refractivity contribution >= 4 is 32.4 Å². The van der Waals surface area contributed by atoms with Crippen molar-refractivity contribution in [3.8, 4) is 0 Å². The molecule has 0 spiro atoms. The molecule has 5 rings (SSSR count). The number of rotatable bonds is 3. The fourth-order valence-corrected chi connectivity index (χ4v) is 3.33. The van der Waals surface area contributed by atoms with Crippen LogP contribution in [0.25, 0.3) is 0 Å². The molecule has 0 atom stereocenters. The molecule has 2 aromatic heterocycles. The molecule has 0 unspecified atom stereocenters. The van der Waals surface area contributed by atoms with Crippen LogP contribution in [0.3, 0.4) is 0 Å². The van der Waals surface area contributed by atoms with Crippen LogP contribution >= 0.6 is 0 Å². The third-order valence-electron chi connectivity index (χ3n) is 4.87. The van der Waals surface area contributed by atoms with Gasteiger partial charge in [0, 0.05) is 65.3 Å². The quantitative estimate of drug-likeness (QED) is 0.446. The van der Waals surface area contributed by atoms with E-state index in [0.29, 0.717) is 0 Å². The van der Waals surface area contributed by atoms with Crippen LogP contribution < -0.4 is 14.4 Å². The minimum atomic E-state index is 0. The van der Waals surface area contributed by atoms with Crippen molar-refractivity contribution < 1.29 is 21.1 Å². The monoisotopic (exact) mass is 577 g/mol. The topological polar surface area (TPSA) is 38.7 Å². The summed E-state index contributed by atoms with van der Waals surface area (Å²) < 4.78 is 0. The van der Waals surface area contributed by atoms with E-state index in [1.54, 1.807) is 0 Å². The Labute approximate surface area is 194 Å². The number of hydrogen-bond acceptors (Lipinski definition) is 6. The molecule has 9 heteroatoms. The summed E-state index contributed by atoms with van der Waals surface area (Å²) in [7, 11) is 6.28. The maximum absolute atomic E-state index is 4.36. The number of para-hydroxylation sites is 1. The minimum Gasteiger partial charge on any atom is -0.397 e. The van der Waals surface area contributed by atoms with Gasteiger partial charge in [-0.3, -0.25) is 0 Å². The number of aromatic nitrogens is 2. The molecule has 2 fully saturated rings. The number of hydrogen-bond donors (Lipinski definition) is 0. The SMILES string of the molecule is CN1[B]N(c2ccccn2)CC1.[B]1N(c2ccccc2)CCN1c1ccccn1.[Pt]. The fraction of sp³-hybridized carbons (Fsp3) is 0.238. The van der Waals surface area contributed by atoms with E-state index in [1.807, 2.05) is 54.9 Å². The normalized spacial score (nSPS) is 15.6. The van der Waals surface area contributed by atoms with E-state index in [2.05, 4.69) is 75.6 Å². The van der Waals surface area contributed by atoms with Crippen LogP contribution in [0.1, 0.15) is 0 Å². The summed E-state index contributed by atoms with van der Waals surface area (Å²) >= 11 is 0. The van der Waals surface area contributed by atoms with Crippen molar-refractivity contribution in [2.45, 2.75) is 0 Å². The molecule has 0 amide bonds. The van der Waals surface area contributed by atoms with Gasteiger partial charge in [0.05, 0.1) is 0 Å². The van der Waals surface area contributed by atoms with E-state index in [1.165, 1.54) is 5.69 Å². The van der Waals surface area contributed by atoms with Gasteiger partial charge in [-0.05, 0) is 43.4 Å². The van der Waals surface area contributed by atoms with Crippen LogP contribution in [0.2, 0.25) is 0 Å². The van der Waals surface area contributed by atoms with Crippen LogP contribution in [0.5, 0.6) is 0 Å². The van der Waals surface area contributed by atoms with Crippen LogP contribution in [-0.4, -0.2) is 63.1 Å². The molecule has 0 bridgehead atoms. The molecule has 30 heavy (non-hydrogen) atoms. The summed E-state index contributed by atoms with van der Waals surface area (Å²) in [5.74, 6) is 2.03. The van der Waals surface area contributed by atoms with Gasteiger partial charge >= 0.3 is 15.1 Å². The van der Waals surface area contributed by atoms with E-state index in [0.717, 1.165) is 37.8 Å². The number of nitrogens with zero attached hydrogens (tertiary/aromatic N) is 6. The van der Waals surface area contributed by atoms with Crippen molar-refractivity contribution in [2.75, 3.05) is 47.7 Å². The Morgan fingerprint density at radius 2 is 1.17 bits per heavy atom. The van der Waals surface area contributed by atoms with Gasteiger partial charge in [0.15, 0.2) is 0 Å². The molecular weight excluding hydrogens is 553 g/mol. The summed E-state index contributed by atoms with van der Waals surface area (Å²) in [6.07, 6.45) is 3.65. The first-order valence-corrected chi connectivity index (χ1v) is 9.87. The molecule has 2 aliphatic rings. The zero-order valence-corrected chi connectivity index (χ0v) is 19.3. The Morgan fingerprint density at radius 3 is 1.70 bits per heavy atom. The molecule has 2 saturated heterocycles. The average Bonchev–Trinajstić information content (AvgIpc) is 3.46. The van der Waals surface area contributed by atoms with Gasteiger partial charge in [0.25, 0.3) is 0 Å². The average molecular weight is 577 g/mol. The molecular formula is C21H24B2N6Pt. The van der Waals surface area contributed by atoms with Gasteiger partial charge in [-0.25, -0.2) is 9.97 Å². The minimum absolute atomic E-state index is 0. The fourth-order valence-electron chi connectivity index (χ4n) is 3.33. The Balaban J connectivity index is 0.000000175. The van der Waals surface area contributed by atoms with Gasteiger partial charge in [0.2, 0.25) is 0 Å². The van der Waals surface area contributed by atoms with E-state index in [9.17, 15) is 0 Å². The Kier molecular flexibility index (Phi) is 8.35. The van der Waals surface area contributed by atoms with Gasteiger partial charge < -0.3 is 19.2 Å². The largest absolute Gasteiger partial charge is 0.397 e. The maximum atomic E-state index is 4.36. The third kappa shape index (κ3) is 5.87. The smallest absolute Gasteiger partial charge is 0.392 e. The number of pyridine rings is 2. The summed E-state index contributed by atoms with van der Waals surface area (Å²) in [6.45, 7) is 4.09. The van der Waals surface area contributed by atoms with Gasteiger partial charge in [-0.2, -0.15) is 0 Å². The van der Waals surface area contributed by atoms with Crippen LogP contribution in [-0.2, 0) is 21.1 Å². The Bertz CT molecular complexity index is 829. The van der Waals surface area contributed by atoms with Crippen molar-refractivity contribution in [1.29, 1.82) is 0 Å². The predicted octanol–water partition coefficient (Wildman–Crippen LogP) is 2.31. The standard InChI is InChI=1S/C13H13BN3.C8H11BN3.Pt/c1-2-6-12(7-3-1)16-10-11-17(14-16)13-8-4-5-9-15-13;1-11-6-7-12(9-11)8-4-2-3-5-10-8;/h1-9H,10-11H2;2-5H,6-7H2,1H3;. The summed E-state index contributed by atoms with van der Waals surface area (Å²) in [6, 6.07) is 22.4. The van der Waals surface area contributed by atoms with E-state index in [4.69, 9.17) is 0 Å². The molecule has 0 saturated carbocycles. The second-order valence-electron chi connectivity index (χ2n) is 7.00. The molecule has 4 heterocycles. The second kappa shape index (κ2) is 11.2. The van der Waals surface area contributed by atoms with Gasteiger partial charge in [-0.15, -0.1) is 0 Å². The second-order valence-corrected chi connectivity index (χ2v) is 7.00. The molecule has 6 nitrogen and oxygen atoms in total. The number of benzene rings is 1. The van der Waals surface area contributed by atoms with Crippen LogP contribution in [0.15, 0.2) is 79.1 Å². The first-order valence-electron chi connectivity index (χ1n) is 9.87. The third-order valence-corrected chi connectivity index (χ3v) is 4.87. The van der Waals surface area contributed by atoms with E-state index < -0.39 is 0 Å². The molecule has 2 radical (unpaired) electrons. The maximum Gasteiger partial charge on any atom is 0.392 e. The molecule has 3 aromatic rings. The van der Waals surface area contributed by atoms with E-state index >= 15 is 0 Å². The molecule has 1 aromatic carbocycles. The molecule has 0 aliphatic carbocycles. The predicted molar refractivity (Wildman–Crippen MR) is 121 cm³/mol. The zero-order valence-electron chi connectivity index (χ0n) is 17.0. The van der Waals surface area contributed by atoms with Gasteiger partial charge in [0.1, 0.15) is 11.6 Å². The Hall–Kier alpha value is -2.30. The van der Waals surface area contributed by atoms with E-state index in [-0.39, 0.29) is 21.1 Å². The van der Waals surface area contributed by atoms with Crippen molar-refractivity contribution in [2.24, 2.45) is 0 Å². The first kappa shape index (κ1) is 22.4. The zero-order chi connectivity index (χ0) is 19.9. The van der Waals surface area contributed by atoms with Crippen molar-refractivity contribution in [1.82, 2.24) is 14.8 Å². The molecule has 0 N–H and O–H groups in total. The number of anilines is 3. The summed E-state index contributed by atoms with van der Waals surface area (Å²) in [5, 5.41) is 0. The Morgan fingerprint density at radius 1 is 0.633 bits per heavy atom. The summed E-state index contributed by atoms with van der Waals surface area (Å²) in [4.78, 5) is 17.4. The van der Waals surface area contributed by atoms with Crippen LogP contribution in [0, 0.1) is 0 Å². The molecule has 2 aliphatic heterocycles. The van der Waals surface area contributed by atoms with Gasteiger partial charge in [-0.1, -0.05) is 30.3 Å². The first-order chi connectivity index (χ1) is 14.3. The molecule has 154 valence electrons. The summed E-state index contributed by atoms with van der Waals surface area (Å²) in [5.41, 5.74) is 1.23. The van der Waals surface area contributed by atoms with Crippen LogP contribution in [0.4, 0.5) is 17.3 Å². The number of likely N-dealkylation sites (N-methyl/N-ethyl adjacent to an activating group) is 1. The van der Waals surface area contributed by atoms with Crippen molar-refractivity contribution in [3.05, 3.63) is 79.1 Å². The van der Waals surface area contributed by atoms with Crippen molar-refractivity contribution in [3.63, 3.8) is 0 Å².